The van der Waals surface area contributed by atoms with Gasteiger partial charge in [0.25, 0.3) is 5.91 Å². The lowest BCUT2D eigenvalue weighted by molar-refractivity contribution is 0.0948. The normalized spacial score (nSPS) is 11.0. The number of carbonyl (C=O) groups excluding carboxylic acids is 1. The molecule has 6 heteroatoms. The molecule has 0 aliphatic carbocycles. The summed E-state index contributed by atoms with van der Waals surface area (Å²) in [4.78, 5) is 20.0. The van der Waals surface area contributed by atoms with Crippen molar-refractivity contribution in [2.75, 3.05) is 6.54 Å². The number of amides is 1. The summed E-state index contributed by atoms with van der Waals surface area (Å²) < 4.78 is 2.03. The molecule has 3 heterocycles. The molecule has 0 bridgehead atoms. The summed E-state index contributed by atoms with van der Waals surface area (Å²) in [6, 6.07) is 14.1. The highest BCUT2D eigenvalue weighted by molar-refractivity contribution is 7.13. The molecule has 4 rings (SSSR count). The maximum Gasteiger partial charge on any atom is 0.270 e. The van der Waals surface area contributed by atoms with Crippen LogP contribution in [0.25, 0.3) is 21.6 Å². The van der Waals surface area contributed by atoms with E-state index in [0.29, 0.717) is 12.2 Å². The van der Waals surface area contributed by atoms with Crippen molar-refractivity contribution in [2.45, 2.75) is 6.54 Å². The highest BCUT2D eigenvalue weighted by Crippen LogP contribution is 2.26. The smallest absolute Gasteiger partial charge is 0.270 e. The minimum Gasteiger partial charge on any atom is -0.353 e. The minimum absolute atomic E-state index is 0.138. The van der Waals surface area contributed by atoms with Crippen LogP contribution in [0.4, 0.5) is 0 Å². The van der Waals surface area contributed by atoms with Crippen LogP contribution in [0.15, 0.2) is 60.2 Å². The lowest BCUT2D eigenvalue weighted by atomic mass is 10.2. The number of carbonyl (C=O) groups is 1. The maximum absolute atomic E-state index is 12.2. The summed E-state index contributed by atoms with van der Waals surface area (Å²) in [6.45, 7) is 1.32. The van der Waals surface area contributed by atoms with Gasteiger partial charge >= 0.3 is 0 Å². The largest absolute Gasteiger partial charge is 0.353 e. The molecular formula is C18H16N4OS. The molecule has 24 heavy (non-hydrogen) atoms. The van der Waals surface area contributed by atoms with Crippen LogP contribution in [0.3, 0.4) is 0 Å². The zero-order chi connectivity index (χ0) is 16.4. The van der Waals surface area contributed by atoms with Crippen molar-refractivity contribution in [1.82, 2.24) is 19.9 Å². The average Bonchev–Trinajstić information content (AvgIpc) is 3.33. The monoisotopic (exact) mass is 336 g/mol. The van der Waals surface area contributed by atoms with Crippen molar-refractivity contribution >= 4 is 28.1 Å². The number of nitrogens with one attached hydrogen (secondary N) is 2. The molecule has 1 aromatic carbocycles. The third-order valence-electron chi connectivity index (χ3n) is 3.82. The first-order valence-corrected chi connectivity index (χ1v) is 8.60. The molecule has 2 N–H and O–H groups in total. The van der Waals surface area contributed by atoms with Crippen LogP contribution in [0, 0.1) is 0 Å². The molecule has 0 aliphatic heterocycles. The van der Waals surface area contributed by atoms with Crippen LogP contribution >= 0.6 is 11.3 Å². The fraction of sp³-hybridized carbons (Fsp3) is 0.111. The fourth-order valence-electron chi connectivity index (χ4n) is 2.60. The number of para-hydroxylation sites is 1. The second-order valence-corrected chi connectivity index (χ2v) is 6.34. The Morgan fingerprint density at radius 2 is 2.04 bits per heavy atom. The van der Waals surface area contributed by atoms with E-state index in [0.717, 1.165) is 28.1 Å². The third-order valence-corrected chi connectivity index (χ3v) is 4.69. The Morgan fingerprint density at radius 1 is 1.21 bits per heavy atom. The molecule has 5 nitrogen and oxygen atoms in total. The number of rotatable bonds is 5. The van der Waals surface area contributed by atoms with Gasteiger partial charge in [-0.15, -0.1) is 11.3 Å². The number of thiazole rings is 1. The Kier molecular flexibility index (Phi) is 3.88. The first-order chi connectivity index (χ1) is 11.8. The molecule has 0 unspecified atom stereocenters. The van der Waals surface area contributed by atoms with Crippen molar-refractivity contribution in [3.05, 3.63) is 65.9 Å². The lowest BCUT2D eigenvalue weighted by Gasteiger charge is -2.04. The van der Waals surface area contributed by atoms with E-state index in [2.05, 4.69) is 27.4 Å². The summed E-state index contributed by atoms with van der Waals surface area (Å²) in [7, 11) is 0. The molecule has 0 fully saturated rings. The second kappa shape index (κ2) is 6.33. The number of H-pyrrole nitrogens is 1. The molecule has 0 aliphatic rings. The SMILES string of the molecule is O=C(NCCn1cccc1)c1csc(-c2cc3ccccc3[nH]2)n1. The zero-order valence-electron chi connectivity index (χ0n) is 12.9. The van der Waals surface area contributed by atoms with Gasteiger partial charge in [0.1, 0.15) is 10.7 Å². The minimum atomic E-state index is -0.138. The lowest BCUT2D eigenvalue weighted by Crippen LogP contribution is -2.27. The van der Waals surface area contributed by atoms with Gasteiger partial charge in [-0.25, -0.2) is 4.98 Å². The highest BCUT2D eigenvalue weighted by atomic mass is 32.1. The maximum atomic E-state index is 12.2. The van der Waals surface area contributed by atoms with Gasteiger partial charge in [0, 0.05) is 41.8 Å². The van der Waals surface area contributed by atoms with Crippen LogP contribution in [-0.2, 0) is 6.54 Å². The summed E-state index contributed by atoms with van der Waals surface area (Å²) in [5.41, 5.74) is 2.47. The van der Waals surface area contributed by atoms with E-state index in [-0.39, 0.29) is 5.91 Å². The summed E-state index contributed by atoms with van der Waals surface area (Å²) >= 11 is 1.47. The van der Waals surface area contributed by atoms with Crippen molar-refractivity contribution in [2.24, 2.45) is 0 Å². The fourth-order valence-corrected chi connectivity index (χ4v) is 3.37. The number of aromatic amines is 1. The van der Waals surface area contributed by atoms with Crippen molar-refractivity contribution in [3.63, 3.8) is 0 Å². The molecule has 0 radical (unpaired) electrons. The van der Waals surface area contributed by atoms with Crippen LogP contribution in [0.1, 0.15) is 10.5 Å². The first-order valence-electron chi connectivity index (χ1n) is 7.72. The number of fused-ring (bicyclic) bond motifs is 1. The van der Waals surface area contributed by atoms with E-state index in [1.807, 2.05) is 47.3 Å². The van der Waals surface area contributed by atoms with E-state index in [1.54, 1.807) is 5.38 Å². The Labute approximate surface area is 143 Å². The highest BCUT2D eigenvalue weighted by Gasteiger charge is 2.12. The predicted molar refractivity (Wildman–Crippen MR) is 96.2 cm³/mol. The van der Waals surface area contributed by atoms with Gasteiger partial charge in [-0.2, -0.15) is 0 Å². The second-order valence-electron chi connectivity index (χ2n) is 5.48. The van der Waals surface area contributed by atoms with Gasteiger partial charge in [0.15, 0.2) is 0 Å². The van der Waals surface area contributed by atoms with Gasteiger partial charge in [-0.1, -0.05) is 18.2 Å². The summed E-state index contributed by atoms with van der Waals surface area (Å²) in [5.74, 6) is -0.138. The van der Waals surface area contributed by atoms with E-state index >= 15 is 0 Å². The first kappa shape index (κ1) is 14.7. The molecule has 0 saturated heterocycles. The van der Waals surface area contributed by atoms with Crippen LogP contribution in [0.5, 0.6) is 0 Å². The predicted octanol–water partition coefficient (Wildman–Crippen LogP) is 3.52. The van der Waals surface area contributed by atoms with Gasteiger partial charge in [-0.05, 0) is 24.3 Å². The molecule has 3 aromatic heterocycles. The van der Waals surface area contributed by atoms with Crippen molar-refractivity contribution < 1.29 is 4.79 Å². The number of benzene rings is 1. The van der Waals surface area contributed by atoms with Gasteiger partial charge < -0.3 is 14.9 Å². The Hall–Kier alpha value is -2.86. The Morgan fingerprint density at radius 3 is 2.88 bits per heavy atom. The van der Waals surface area contributed by atoms with E-state index in [9.17, 15) is 4.79 Å². The van der Waals surface area contributed by atoms with Crippen molar-refractivity contribution in [1.29, 1.82) is 0 Å². The molecular weight excluding hydrogens is 320 g/mol. The van der Waals surface area contributed by atoms with E-state index in [4.69, 9.17) is 0 Å². The Balaban J connectivity index is 1.44. The van der Waals surface area contributed by atoms with Gasteiger partial charge in [-0.3, -0.25) is 4.79 Å². The molecule has 0 spiro atoms. The van der Waals surface area contributed by atoms with Crippen LogP contribution in [0.2, 0.25) is 0 Å². The van der Waals surface area contributed by atoms with Crippen molar-refractivity contribution in [3.8, 4) is 10.7 Å². The molecule has 0 atom stereocenters. The van der Waals surface area contributed by atoms with Crippen LogP contribution in [-0.4, -0.2) is 27.0 Å². The molecule has 1 amide bonds. The van der Waals surface area contributed by atoms with Gasteiger partial charge in [0.2, 0.25) is 0 Å². The van der Waals surface area contributed by atoms with E-state index in [1.165, 1.54) is 11.3 Å². The molecule has 4 aromatic rings. The average molecular weight is 336 g/mol. The quantitative estimate of drug-likeness (QED) is 0.586. The Bertz CT molecular complexity index is 935. The standard InChI is InChI=1S/C18H16N4OS/c23-17(19-7-10-22-8-3-4-9-22)16-12-24-18(21-16)15-11-13-5-1-2-6-14(13)20-15/h1-6,8-9,11-12,20H,7,10H2,(H,19,23). The summed E-state index contributed by atoms with van der Waals surface area (Å²) in [6.07, 6.45) is 3.95. The summed E-state index contributed by atoms with van der Waals surface area (Å²) in [5, 5.41) is 6.66. The molecule has 0 saturated carbocycles. The number of hydrogen-bond donors (Lipinski definition) is 2. The van der Waals surface area contributed by atoms with Crippen LogP contribution < -0.4 is 5.32 Å². The van der Waals surface area contributed by atoms with E-state index < -0.39 is 0 Å². The molecule has 120 valence electrons. The number of aromatic nitrogens is 3. The topological polar surface area (TPSA) is 62.7 Å². The van der Waals surface area contributed by atoms with Gasteiger partial charge in [0.05, 0.1) is 5.69 Å². The number of hydrogen-bond acceptors (Lipinski definition) is 3. The number of nitrogens with zero attached hydrogens (tertiary/aromatic N) is 2. The third kappa shape index (κ3) is 2.96. The zero-order valence-corrected chi connectivity index (χ0v) is 13.7.